The van der Waals surface area contributed by atoms with Crippen LogP contribution in [0.2, 0.25) is 0 Å². The van der Waals surface area contributed by atoms with Crippen LogP contribution >= 0.6 is 0 Å². The Morgan fingerprint density at radius 2 is 1.67 bits per heavy atom. The lowest BCUT2D eigenvalue weighted by Gasteiger charge is -2.28. The molecule has 1 saturated heterocycles. The molecule has 2 aliphatic rings. The number of aromatic nitrogens is 1. The van der Waals surface area contributed by atoms with Crippen LogP contribution in [-0.2, 0) is 17.9 Å². The van der Waals surface area contributed by atoms with Gasteiger partial charge in [-0.05, 0) is 38.8 Å². The smallest absolute Gasteiger partial charge is 0.257 e. The highest BCUT2D eigenvalue weighted by Crippen LogP contribution is 2.20. The highest BCUT2D eigenvalue weighted by molar-refractivity contribution is 5.95. The number of carbonyl (C=O) groups excluding carboxylic acids is 1. The number of benzene rings is 1. The Morgan fingerprint density at radius 1 is 1.00 bits per heavy atom. The minimum Gasteiger partial charge on any atom is -0.487 e. The molecule has 0 unspecified atom stereocenters. The molecule has 1 aromatic heterocycles. The Bertz CT molecular complexity index is 1050. The van der Waals surface area contributed by atoms with Crippen molar-refractivity contribution in [2.45, 2.75) is 78.0 Å². The van der Waals surface area contributed by atoms with E-state index in [2.05, 4.69) is 14.8 Å². The fourth-order valence-electron chi connectivity index (χ4n) is 5.24. The van der Waals surface area contributed by atoms with Gasteiger partial charge in [0.25, 0.3) is 5.91 Å². The Balaban J connectivity index is 1.60. The fraction of sp³-hybridized carbons (Fsp3) is 0.586. The van der Waals surface area contributed by atoms with E-state index in [-0.39, 0.29) is 29.5 Å². The number of hydrogen-bond acceptors (Lipinski definition) is 5. The number of morpholine rings is 1. The first kappa shape index (κ1) is 26.4. The number of hydrogen-bond donors (Lipinski definition) is 1. The third-order valence-electron chi connectivity index (χ3n) is 7.43. The average molecular weight is 496 g/mol. The molecule has 2 fully saturated rings. The largest absolute Gasteiger partial charge is 0.487 e. The van der Waals surface area contributed by atoms with Crippen molar-refractivity contribution < 1.29 is 14.3 Å². The van der Waals surface area contributed by atoms with Crippen LogP contribution in [0.15, 0.2) is 35.1 Å². The standard InChI is InChI=1S/C29H41N3O4/c1-22-10-12-25(13-11-22)36-21-26-28(29(34)30-24-8-6-4-3-5-7-9-24)27(33)20-23(2)32(26)15-14-31-16-18-35-19-17-31/h10-13,20,24H,3-9,14-19,21H2,1-2H3,(H,30,34). The summed E-state index contributed by atoms with van der Waals surface area (Å²) in [6.07, 6.45) is 7.86. The summed E-state index contributed by atoms with van der Waals surface area (Å²) in [6, 6.07) is 9.57. The first-order chi connectivity index (χ1) is 17.5. The average Bonchev–Trinajstić information content (AvgIpc) is 2.85. The number of carbonyl (C=O) groups is 1. The monoisotopic (exact) mass is 495 g/mol. The lowest BCUT2D eigenvalue weighted by Crippen LogP contribution is -2.41. The first-order valence-electron chi connectivity index (χ1n) is 13.5. The van der Waals surface area contributed by atoms with Gasteiger partial charge in [0.2, 0.25) is 0 Å². The van der Waals surface area contributed by atoms with Crippen molar-refractivity contribution in [1.29, 1.82) is 0 Å². The Morgan fingerprint density at radius 3 is 2.36 bits per heavy atom. The Kier molecular flexibility index (Phi) is 9.59. The van der Waals surface area contributed by atoms with E-state index in [9.17, 15) is 9.59 Å². The molecule has 2 aromatic rings. The molecule has 36 heavy (non-hydrogen) atoms. The van der Waals surface area contributed by atoms with Crippen molar-refractivity contribution in [3.8, 4) is 5.75 Å². The first-order valence-corrected chi connectivity index (χ1v) is 13.5. The summed E-state index contributed by atoms with van der Waals surface area (Å²) in [5.74, 6) is 0.453. The van der Waals surface area contributed by atoms with Crippen molar-refractivity contribution in [3.63, 3.8) is 0 Å². The van der Waals surface area contributed by atoms with Gasteiger partial charge < -0.3 is 19.4 Å². The van der Waals surface area contributed by atoms with Crippen molar-refractivity contribution in [1.82, 2.24) is 14.8 Å². The van der Waals surface area contributed by atoms with Crippen molar-refractivity contribution >= 4 is 5.91 Å². The summed E-state index contributed by atoms with van der Waals surface area (Å²) < 4.78 is 13.7. The fourth-order valence-corrected chi connectivity index (χ4v) is 5.24. The molecule has 7 nitrogen and oxygen atoms in total. The second-order valence-corrected chi connectivity index (χ2v) is 10.2. The van der Waals surface area contributed by atoms with Gasteiger partial charge in [-0.3, -0.25) is 14.5 Å². The van der Waals surface area contributed by atoms with E-state index in [0.717, 1.165) is 75.5 Å². The van der Waals surface area contributed by atoms with E-state index in [0.29, 0.717) is 12.2 Å². The molecule has 0 bridgehead atoms. The summed E-state index contributed by atoms with van der Waals surface area (Å²) in [5, 5.41) is 3.21. The van der Waals surface area contributed by atoms with Crippen LogP contribution in [0, 0.1) is 13.8 Å². The van der Waals surface area contributed by atoms with Crippen LogP contribution in [0.5, 0.6) is 5.75 Å². The number of pyridine rings is 1. The van der Waals surface area contributed by atoms with Crippen molar-refractivity contribution in [2.24, 2.45) is 0 Å². The molecule has 1 N–H and O–H groups in total. The molecule has 7 heteroatoms. The van der Waals surface area contributed by atoms with Gasteiger partial charge in [-0.25, -0.2) is 0 Å². The third-order valence-corrected chi connectivity index (χ3v) is 7.43. The second-order valence-electron chi connectivity index (χ2n) is 10.2. The SMILES string of the molecule is Cc1ccc(OCc2c(C(=O)NC3CCCCCCC3)c(=O)cc(C)n2CCN2CCOCC2)cc1. The van der Waals surface area contributed by atoms with Gasteiger partial charge in [-0.15, -0.1) is 0 Å². The van der Waals surface area contributed by atoms with Gasteiger partial charge in [0.05, 0.1) is 18.9 Å². The summed E-state index contributed by atoms with van der Waals surface area (Å²) >= 11 is 0. The molecule has 1 aromatic carbocycles. The molecule has 1 saturated carbocycles. The van der Waals surface area contributed by atoms with E-state index in [4.69, 9.17) is 9.47 Å². The van der Waals surface area contributed by atoms with Gasteiger partial charge >= 0.3 is 0 Å². The number of rotatable bonds is 8. The molecule has 0 radical (unpaired) electrons. The van der Waals surface area contributed by atoms with Crippen LogP contribution < -0.4 is 15.5 Å². The van der Waals surface area contributed by atoms with Gasteiger partial charge in [0.1, 0.15) is 17.9 Å². The van der Waals surface area contributed by atoms with Crippen LogP contribution in [0.4, 0.5) is 0 Å². The van der Waals surface area contributed by atoms with E-state index < -0.39 is 0 Å². The molecule has 196 valence electrons. The van der Waals surface area contributed by atoms with E-state index in [1.165, 1.54) is 19.3 Å². The number of nitrogens with one attached hydrogen (secondary N) is 1. The van der Waals surface area contributed by atoms with Crippen LogP contribution in [-0.4, -0.2) is 54.3 Å². The normalized spacial score (nSPS) is 17.8. The Hall–Kier alpha value is -2.64. The molecule has 2 heterocycles. The van der Waals surface area contributed by atoms with Gasteiger partial charge in [-0.1, -0.05) is 49.8 Å². The molecular formula is C29H41N3O4. The van der Waals surface area contributed by atoms with Crippen LogP contribution in [0.1, 0.15) is 72.3 Å². The van der Waals surface area contributed by atoms with E-state index >= 15 is 0 Å². The summed E-state index contributed by atoms with van der Waals surface area (Å²) in [5.41, 5.74) is 2.63. The molecular weight excluding hydrogens is 454 g/mol. The summed E-state index contributed by atoms with van der Waals surface area (Å²) in [7, 11) is 0. The zero-order valence-electron chi connectivity index (χ0n) is 21.9. The minimum absolute atomic E-state index is 0.117. The third kappa shape index (κ3) is 7.20. The highest BCUT2D eigenvalue weighted by Gasteiger charge is 2.24. The maximum absolute atomic E-state index is 13.6. The number of ether oxygens (including phenoxy) is 2. The second kappa shape index (κ2) is 13.1. The van der Waals surface area contributed by atoms with E-state index in [1.807, 2.05) is 38.1 Å². The zero-order chi connectivity index (χ0) is 25.3. The number of nitrogens with zero attached hydrogens (tertiary/aromatic N) is 2. The van der Waals surface area contributed by atoms with Gasteiger partial charge in [-0.2, -0.15) is 0 Å². The predicted octanol–water partition coefficient (Wildman–Crippen LogP) is 4.22. The van der Waals surface area contributed by atoms with Crippen molar-refractivity contribution in [3.05, 3.63) is 63.1 Å². The number of amides is 1. The highest BCUT2D eigenvalue weighted by atomic mass is 16.5. The molecule has 0 atom stereocenters. The topological polar surface area (TPSA) is 72.8 Å². The van der Waals surface area contributed by atoms with Crippen LogP contribution in [0.25, 0.3) is 0 Å². The van der Waals surface area contributed by atoms with Gasteiger partial charge in [0, 0.05) is 44.0 Å². The van der Waals surface area contributed by atoms with Crippen LogP contribution in [0.3, 0.4) is 0 Å². The lowest BCUT2D eigenvalue weighted by molar-refractivity contribution is 0.0361. The zero-order valence-corrected chi connectivity index (χ0v) is 21.9. The molecule has 1 aliphatic carbocycles. The summed E-state index contributed by atoms with van der Waals surface area (Å²) in [6.45, 7) is 8.90. The molecule has 1 aliphatic heterocycles. The predicted molar refractivity (Wildman–Crippen MR) is 142 cm³/mol. The number of aryl methyl sites for hydroxylation is 2. The maximum atomic E-state index is 13.6. The molecule has 1 amide bonds. The quantitative estimate of drug-likeness (QED) is 0.594. The molecule has 4 rings (SSSR count). The Labute approximate surface area is 214 Å². The van der Waals surface area contributed by atoms with Gasteiger partial charge in [0.15, 0.2) is 5.43 Å². The molecule has 0 spiro atoms. The minimum atomic E-state index is -0.270. The van der Waals surface area contributed by atoms with E-state index in [1.54, 1.807) is 6.07 Å². The maximum Gasteiger partial charge on any atom is 0.257 e. The lowest BCUT2D eigenvalue weighted by atomic mass is 9.96. The summed E-state index contributed by atoms with van der Waals surface area (Å²) in [4.78, 5) is 29.2. The van der Waals surface area contributed by atoms with Crippen molar-refractivity contribution in [2.75, 3.05) is 32.8 Å².